The molecule has 0 unspecified atom stereocenters. The van der Waals surface area contributed by atoms with Crippen LogP contribution in [0.1, 0.15) is 17.2 Å². The Morgan fingerprint density at radius 3 is 2.26 bits per heavy atom. The number of amides is 1. The lowest BCUT2D eigenvalue weighted by atomic mass is 9.96. The van der Waals surface area contributed by atoms with Crippen LogP contribution in [0.2, 0.25) is 0 Å². The summed E-state index contributed by atoms with van der Waals surface area (Å²) in [6, 6.07) is 17.8. The smallest absolute Gasteiger partial charge is 0.287 e. The van der Waals surface area contributed by atoms with Crippen molar-refractivity contribution in [3.8, 4) is 0 Å². The van der Waals surface area contributed by atoms with Crippen LogP contribution >= 0.6 is 0 Å². The molecule has 114 valence electrons. The van der Waals surface area contributed by atoms with Crippen LogP contribution in [0.5, 0.6) is 0 Å². The van der Waals surface area contributed by atoms with Gasteiger partial charge in [0.25, 0.3) is 5.91 Å². The summed E-state index contributed by atoms with van der Waals surface area (Å²) in [6.07, 6.45) is 3.03. The molecule has 1 atom stereocenters. The van der Waals surface area contributed by atoms with Crippen molar-refractivity contribution in [1.82, 2.24) is 5.32 Å². The van der Waals surface area contributed by atoms with Crippen molar-refractivity contribution in [2.24, 2.45) is 0 Å². The van der Waals surface area contributed by atoms with E-state index in [0.29, 0.717) is 0 Å². The van der Waals surface area contributed by atoms with Gasteiger partial charge in [-0.3, -0.25) is 9.59 Å². The van der Waals surface area contributed by atoms with Gasteiger partial charge in [-0.2, -0.15) is 0 Å². The molecule has 1 aliphatic rings. The second kappa shape index (κ2) is 6.32. The molecule has 0 radical (unpaired) electrons. The lowest BCUT2D eigenvalue weighted by molar-refractivity contribution is -0.119. The number of carbonyl (C=O) groups is 2. The number of allylic oxidation sites excluding steroid dienone is 1. The second-order valence-electron chi connectivity index (χ2n) is 5.19. The van der Waals surface area contributed by atoms with Gasteiger partial charge in [-0.05, 0) is 17.2 Å². The second-order valence-corrected chi connectivity index (χ2v) is 5.19. The van der Waals surface area contributed by atoms with Crippen LogP contribution in [0.4, 0.5) is 0 Å². The Hall–Kier alpha value is -3.14. The number of ketones is 1. The first-order valence-corrected chi connectivity index (χ1v) is 7.23. The van der Waals surface area contributed by atoms with Crippen molar-refractivity contribution in [2.75, 3.05) is 0 Å². The van der Waals surface area contributed by atoms with E-state index < -0.39 is 23.5 Å². The van der Waals surface area contributed by atoms with Gasteiger partial charge < -0.3 is 10.4 Å². The molecule has 3 rings (SSSR count). The maximum Gasteiger partial charge on any atom is 0.287 e. The van der Waals surface area contributed by atoms with Crippen LogP contribution in [0.15, 0.2) is 78.1 Å². The predicted octanol–water partition coefficient (Wildman–Crippen LogP) is 2.95. The van der Waals surface area contributed by atoms with Crippen molar-refractivity contribution in [1.29, 1.82) is 0 Å². The van der Waals surface area contributed by atoms with E-state index in [1.807, 2.05) is 48.5 Å². The number of nitrogens with one attached hydrogen (secondary N) is 1. The monoisotopic (exact) mass is 305 g/mol. The highest BCUT2D eigenvalue weighted by Crippen LogP contribution is 2.30. The van der Waals surface area contributed by atoms with Crippen LogP contribution in [-0.4, -0.2) is 16.8 Å². The zero-order valence-corrected chi connectivity index (χ0v) is 12.3. The van der Waals surface area contributed by atoms with Crippen molar-refractivity contribution in [2.45, 2.75) is 6.04 Å². The van der Waals surface area contributed by atoms with Crippen molar-refractivity contribution in [3.05, 3.63) is 89.2 Å². The molecule has 2 N–H and O–H groups in total. The molecule has 0 aromatic heterocycles. The molecule has 2 aromatic carbocycles. The first-order valence-electron chi connectivity index (χ1n) is 7.23. The zero-order valence-electron chi connectivity index (χ0n) is 12.3. The fourth-order valence-electron chi connectivity index (χ4n) is 2.51. The standard InChI is InChI=1S/C19H15NO3/c21-15(12-11-13-7-3-1-4-8-13)16-17(20-19(23)18(16)22)14-9-5-2-6-10-14/h1-12,17,22H,(H,20,23)/b12-11+/t17-/m1/s1. The largest absolute Gasteiger partial charge is 0.503 e. The average molecular weight is 305 g/mol. The van der Waals surface area contributed by atoms with E-state index in [4.69, 9.17) is 0 Å². The summed E-state index contributed by atoms with van der Waals surface area (Å²) in [5, 5.41) is 12.6. The SMILES string of the molecule is O=C(/C=C/c1ccccc1)C1=C(O)C(=O)N[C@@H]1c1ccccc1. The van der Waals surface area contributed by atoms with Crippen molar-refractivity contribution < 1.29 is 14.7 Å². The molecule has 0 bridgehead atoms. The van der Waals surface area contributed by atoms with Gasteiger partial charge in [0.1, 0.15) is 0 Å². The molecular formula is C19H15NO3. The van der Waals surface area contributed by atoms with Gasteiger partial charge in [0, 0.05) is 0 Å². The average Bonchev–Trinajstić information content (AvgIpc) is 2.90. The molecule has 0 saturated heterocycles. The number of hydrogen-bond donors (Lipinski definition) is 2. The van der Waals surface area contributed by atoms with Crippen LogP contribution < -0.4 is 5.32 Å². The third-order valence-corrected chi connectivity index (χ3v) is 3.66. The number of aliphatic hydroxyl groups is 1. The maximum absolute atomic E-state index is 12.5. The van der Waals surface area contributed by atoms with Crippen LogP contribution in [-0.2, 0) is 9.59 Å². The third-order valence-electron chi connectivity index (χ3n) is 3.66. The number of hydrogen-bond acceptors (Lipinski definition) is 3. The minimum atomic E-state index is -0.629. The summed E-state index contributed by atoms with van der Waals surface area (Å²) in [5.74, 6) is -1.53. The highest BCUT2D eigenvalue weighted by molar-refractivity contribution is 6.14. The number of carbonyl (C=O) groups excluding carboxylic acids is 2. The van der Waals surface area contributed by atoms with Gasteiger partial charge in [-0.1, -0.05) is 66.7 Å². The molecule has 0 spiro atoms. The van der Waals surface area contributed by atoms with E-state index in [2.05, 4.69) is 5.32 Å². The summed E-state index contributed by atoms with van der Waals surface area (Å²) in [6.45, 7) is 0. The lowest BCUT2D eigenvalue weighted by Gasteiger charge is -2.13. The van der Waals surface area contributed by atoms with E-state index in [-0.39, 0.29) is 5.57 Å². The van der Waals surface area contributed by atoms with Gasteiger partial charge in [-0.25, -0.2) is 0 Å². The van der Waals surface area contributed by atoms with Gasteiger partial charge >= 0.3 is 0 Å². The quantitative estimate of drug-likeness (QED) is 0.853. The molecule has 4 heteroatoms. The van der Waals surface area contributed by atoms with E-state index in [1.165, 1.54) is 6.08 Å². The topological polar surface area (TPSA) is 66.4 Å². The first-order chi connectivity index (χ1) is 11.2. The molecule has 0 aliphatic carbocycles. The predicted molar refractivity (Wildman–Crippen MR) is 87.5 cm³/mol. The fourth-order valence-corrected chi connectivity index (χ4v) is 2.51. The van der Waals surface area contributed by atoms with Gasteiger partial charge in [0.15, 0.2) is 11.5 Å². The number of benzene rings is 2. The normalized spacial score (nSPS) is 17.6. The molecular weight excluding hydrogens is 290 g/mol. The molecule has 0 saturated carbocycles. The highest BCUT2D eigenvalue weighted by Gasteiger charge is 2.35. The van der Waals surface area contributed by atoms with E-state index in [9.17, 15) is 14.7 Å². The van der Waals surface area contributed by atoms with Gasteiger partial charge in [0.05, 0.1) is 11.6 Å². The maximum atomic E-state index is 12.5. The minimum absolute atomic E-state index is 0.0772. The Morgan fingerprint density at radius 2 is 1.61 bits per heavy atom. The highest BCUT2D eigenvalue weighted by atomic mass is 16.3. The van der Waals surface area contributed by atoms with E-state index in [0.717, 1.165) is 11.1 Å². The van der Waals surface area contributed by atoms with Gasteiger partial charge in [0.2, 0.25) is 0 Å². The number of rotatable bonds is 4. The lowest BCUT2D eigenvalue weighted by Crippen LogP contribution is -2.23. The van der Waals surface area contributed by atoms with E-state index in [1.54, 1.807) is 18.2 Å². The zero-order chi connectivity index (χ0) is 16.2. The molecule has 1 aliphatic heterocycles. The molecule has 4 nitrogen and oxygen atoms in total. The summed E-state index contributed by atoms with van der Waals surface area (Å²) in [4.78, 5) is 24.2. The Kier molecular flexibility index (Phi) is 4.06. The van der Waals surface area contributed by atoms with Crippen LogP contribution in [0.25, 0.3) is 6.08 Å². The Balaban J connectivity index is 1.90. The Labute approximate surface area is 133 Å². The minimum Gasteiger partial charge on any atom is -0.503 e. The molecule has 1 heterocycles. The van der Waals surface area contributed by atoms with Crippen LogP contribution in [0, 0.1) is 0 Å². The van der Waals surface area contributed by atoms with Gasteiger partial charge in [-0.15, -0.1) is 0 Å². The summed E-state index contributed by atoms with van der Waals surface area (Å²) < 4.78 is 0. The fraction of sp³-hybridized carbons (Fsp3) is 0.0526. The molecule has 1 amide bonds. The first kappa shape index (κ1) is 14.8. The molecule has 23 heavy (non-hydrogen) atoms. The Morgan fingerprint density at radius 1 is 1.00 bits per heavy atom. The third kappa shape index (κ3) is 3.06. The molecule has 0 fully saturated rings. The summed E-state index contributed by atoms with van der Waals surface area (Å²) in [5.41, 5.74) is 1.70. The number of aliphatic hydroxyl groups excluding tert-OH is 1. The summed E-state index contributed by atoms with van der Waals surface area (Å²) >= 11 is 0. The molecule has 2 aromatic rings. The van der Waals surface area contributed by atoms with Crippen molar-refractivity contribution >= 4 is 17.8 Å². The van der Waals surface area contributed by atoms with Crippen LogP contribution in [0.3, 0.4) is 0 Å². The van der Waals surface area contributed by atoms with Crippen molar-refractivity contribution in [3.63, 3.8) is 0 Å². The Bertz CT molecular complexity index is 792. The summed E-state index contributed by atoms with van der Waals surface area (Å²) in [7, 11) is 0. The van der Waals surface area contributed by atoms with E-state index >= 15 is 0 Å².